The first-order valence-electron chi connectivity index (χ1n) is 3.83. The van der Waals surface area contributed by atoms with Crippen LogP contribution in [0.15, 0.2) is 16.6 Å². The minimum Gasteiger partial charge on any atom is -0.507 e. The quantitative estimate of drug-likeness (QED) is 0.755. The number of carbonyl (C=O) groups is 1. The highest BCUT2D eigenvalue weighted by molar-refractivity contribution is 9.10. The number of rotatable bonds is 2. The number of aliphatic hydroxyl groups excluding tert-OH is 1. The zero-order valence-electron chi connectivity index (χ0n) is 7.36. The van der Waals surface area contributed by atoms with Gasteiger partial charge in [0, 0.05) is 0 Å². The molecule has 1 aromatic carbocycles. The van der Waals surface area contributed by atoms with Crippen molar-refractivity contribution in [1.82, 2.24) is 0 Å². The van der Waals surface area contributed by atoms with Crippen LogP contribution in [0, 0.1) is 6.92 Å². The molecule has 1 atom stereocenters. The Morgan fingerprint density at radius 2 is 2.07 bits per heavy atom. The topological polar surface area (TPSA) is 77.8 Å². The monoisotopic (exact) mass is 260 g/mol. The van der Waals surface area contributed by atoms with Crippen LogP contribution >= 0.6 is 15.9 Å². The van der Waals surface area contributed by atoms with E-state index in [9.17, 15) is 15.0 Å². The van der Waals surface area contributed by atoms with Gasteiger partial charge in [-0.1, -0.05) is 0 Å². The second-order valence-electron chi connectivity index (χ2n) is 2.90. The molecule has 0 aliphatic carbocycles. The summed E-state index contributed by atoms with van der Waals surface area (Å²) in [6, 6.07) is 2.79. The molecule has 5 heteroatoms. The number of aryl methyl sites for hydroxylation is 1. The van der Waals surface area contributed by atoms with Crippen LogP contribution in [0.5, 0.6) is 5.75 Å². The molecule has 4 nitrogen and oxygen atoms in total. The fourth-order valence-electron chi connectivity index (χ4n) is 1.11. The van der Waals surface area contributed by atoms with Crippen LogP contribution in [0.25, 0.3) is 0 Å². The molecule has 0 aliphatic heterocycles. The summed E-state index contributed by atoms with van der Waals surface area (Å²) in [6.07, 6.45) is -1.56. The minimum absolute atomic E-state index is 0.0174. The van der Waals surface area contributed by atoms with Gasteiger partial charge in [0.25, 0.3) is 0 Å². The Morgan fingerprint density at radius 3 is 2.57 bits per heavy atom. The number of phenols is 1. The number of carboxylic acids is 1. The van der Waals surface area contributed by atoms with Crippen molar-refractivity contribution in [3.8, 4) is 5.75 Å². The maximum Gasteiger partial charge on any atom is 0.337 e. The van der Waals surface area contributed by atoms with E-state index in [0.29, 0.717) is 10.0 Å². The molecule has 0 radical (unpaired) electrons. The normalized spacial score (nSPS) is 12.5. The van der Waals surface area contributed by atoms with Crippen molar-refractivity contribution in [2.24, 2.45) is 0 Å². The van der Waals surface area contributed by atoms with E-state index < -0.39 is 12.1 Å². The molecule has 0 fully saturated rings. The summed E-state index contributed by atoms with van der Waals surface area (Å²) in [5.41, 5.74) is 0.794. The second-order valence-corrected chi connectivity index (χ2v) is 3.76. The van der Waals surface area contributed by atoms with Crippen molar-refractivity contribution in [2.75, 3.05) is 0 Å². The molecule has 0 saturated heterocycles. The molecule has 0 aromatic heterocycles. The van der Waals surface area contributed by atoms with Crippen LogP contribution in [0.3, 0.4) is 0 Å². The minimum atomic E-state index is -1.56. The second kappa shape index (κ2) is 3.98. The SMILES string of the molecule is Cc1cc(O)c(Br)cc1C(O)C(=O)O. The van der Waals surface area contributed by atoms with E-state index in [-0.39, 0.29) is 11.3 Å². The van der Waals surface area contributed by atoms with E-state index in [0.717, 1.165) is 0 Å². The predicted molar refractivity (Wildman–Crippen MR) is 53.1 cm³/mol. The van der Waals surface area contributed by atoms with Gasteiger partial charge in [-0.05, 0) is 46.1 Å². The first kappa shape index (κ1) is 11.0. The highest BCUT2D eigenvalue weighted by atomic mass is 79.9. The predicted octanol–water partition coefficient (Wildman–Crippen LogP) is 1.58. The van der Waals surface area contributed by atoms with Crippen LogP contribution in [0.4, 0.5) is 0 Å². The zero-order chi connectivity index (χ0) is 10.9. The van der Waals surface area contributed by atoms with Crippen molar-refractivity contribution in [3.63, 3.8) is 0 Å². The van der Waals surface area contributed by atoms with Gasteiger partial charge in [0.1, 0.15) is 5.75 Å². The summed E-state index contributed by atoms with van der Waals surface area (Å²) < 4.78 is 0.360. The summed E-state index contributed by atoms with van der Waals surface area (Å²) in [4.78, 5) is 10.5. The van der Waals surface area contributed by atoms with Gasteiger partial charge in [-0.2, -0.15) is 0 Å². The van der Waals surface area contributed by atoms with Gasteiger partial charge >= 0.3 is 5.97 Å². The lowest BCUT2D eigenvalue weighted by atomic mass is 10.0. The molecule has 0 heterocycles. The summed E-state index contributed by atoms with van der Waals surface area (Å²) in [6.45, 7) is 1.62. The third-order valence-corrected chi connectivity index (χ3v) is 2.50. The molecule has 3 N–H and O–H groups in total. The van der Waals surface area contributed by atoms with Gasteiger partial charge < -0.3 is 15.3 Å². The van der Waals surface area contributed by atoms with Gasteiger partial charge in [0.05, 0.1) is 4.47 Å². The van der Waals surface area contributed by atoms with Gasteiger partial charge in [0.2, 0.25) is 0 Å². The van der Waals surface area contributed by atoms with Crippen LogP contribution in [0.1, 0.15) is 17.2 Å². The standard InChI is InChI=1S/C9H9BrO4/c1-4-2-7(11)6(10)3-5(4)8(12)9(13)14/h2-3,8,11-12H,1H3,(H,13,14). The Morgan fingerprint density at radius 1 is 1.50 bits per heavy atom. The number of phenolic OH excluding ortho intramolecular Hbond substituents is 1. The smallest absolute Gasteiger partial charge is 0.337 e. The first-order valence-corrected chi connectivity index (χ1v) is 4.62. The van der Waals surface area contributed by atoms with Crippen molar-refractivity contribution in [1.29, 1.82) is 0 Å². The molecule has 76 valence electrons. The zero-order valence-corrected chi connectivity index (χ0v) is 8.95. The van der Waals surface area contributed by atoms with E-state index in [1.807, 2.05) is 0 Å². The van der Waals surface area contributed by atoms with Crippen molar-refractivity contribution in [2.45, 2.75) is 13.0 Å². The van der Waals surface area contributed by atoms with Crippen LogP contribution in [-0.4, -0.2) is 21.3 Å². The summed E-state index contributed by atoms with van der Waals surface area (Å²) in [5, 5.41) is 27.2. The number of aliphatic carboxylic acids is 1. The number of aromatic hydroxyl groups is 1. The number of benzene rings is 1. The lowest BCUT2D eigenvalue weighted by Gasteiger charge is -2.10. The number of hydrogen-bond acceptors (Lipinski definition) is 3. The van der Waals surface area contributed by atoms with E-state index in [4.69, 9.17) is 5.11 Å². The van der Waals surface area contributed by atoms with E-state index in [1.165, 1.54) is 12.1 Å². The van der Waals surface area contributed by atoms with E-state index in [2.05, 4.69) is 15.9 Å². The molecule has 14 heavy (non-hydrogen) atoms. The highest BCUT2D eigenvalue weighted by Gasteiger charge is 2.19. The summed E-state index contributed by atoms with van der Waals surface area (Å²) >= 11 is 3.04. The van der Waals surface area contributed by atoms with Gasteiger partial charge in [-0.3, -0.25) is 0 Å². The van der Waals surface area contributed by atoms with E-state index >= 15 is 0 Å². The maximum atomic E-state index is 10.5. The molecule has 0 spiro atoms. The number of halogens is 1. The van der Waals surface area contributed by atoms with Crippen LogP contribution < -0.4 is 0 Å². The Kier molecular flexibility index (Phi) is 3.13. The van der Waals surface area contributed by atoms with E-state index in [1.54, 1.807) is 6.92 Å². The molecule has 0 aliphatic rings. The first-order chi connectivity index (χ1) is 6.43. The third kappa shape index (κ3) is 2.05. The van der Waals surface area contributed by atoms with Gasteiger partial charge in [0.15, 0.2) is 6.10 Å². The Bertz CT molecular complexity index is 375. The molecule has 0 saturated carbocycles. The number of hydrogen-bond donors (Lipinski definition) is 3. The van der Waals surface area contributed by atoms with Crippen molar-refractivity contribution >= 4 is 21.9 Å². The van der Waals surface area contributed by atoms with Crippen LogP contribution in [-0.2, 0) is 4.79 Å². The average molecular weight is 261 g/mol. The lowest BCUT2D eigenvalue weighted by molar-refractivity contribution is -0.147. The molecule has 1 rings (SSSR count). The number of carboxylic acid groups (broad SMARTS) is 1. The fraction of sp³-hybridized carbons (Fsp3) is 0.222. The maximum absolute atomic E-state index is 10.5. The number of aliphatic hydroxyl groups is 1. The fourth-order valence-corrected chi connectivity index (χ4v) is 1.47. The molecule has 1 unspecified atom stereocenters. The largest absolute Gasteiger partial charge is 0.507 e. The molecule has 0 bridgehead atoms. The molecule has 1 aromatic rings. The van der Waals surface area contributed by atoms with Crippen molar-refractivity contribution < 1.29 is 20.1 Å². The van der Waals surface area contributed by atoms with Gasteiger partial charge in [-0.25, -0.2) is 4.79 Å². The Hall–Kier alpha value is -1.07. The van der Waals surface area contributed by atoms with Gasteiger partial charge in [-0.15, -0.1) is 0 Å². The van der Waals surface area contributed by atoms with Crippen molar-refractivity contribution in [3.05, 3.63) is 27.7 Å². The molecule has 0 amide bonds. The summed E-state index contributed by atoms with van der Waals surface area (Å²) in [7, 11) is 0. The highest BCUT2D eigenvalue weighted by Crippen LogP contribution is 2.30. The third-order valence-electron chi connectivity index (χ3n) is 1.86. The summed E-state index contributed by atoms with van der Waals surface area (Å²) in [5.74, 6) is -1.30. The molecular formula is C9H9BrO4. The molecular weight excluding hydrogens is 252 g/mol. The average Bonchev–Trinajstić information content (AvgIpc) is 2.10. The lowest BCUT2D eigenvalue weighted by Crippen LogP contribution is -2.11. The Labute approximate surface area is 88.9 Å². The Balaban J connectivity index is 3.22. The van der Waals surface area contributed by atoms with Crippen LogP contribution in [0.2, 0.25) is 0 Å².